The Kier molecular flexibility index (Phi) is 4.03. The molecule has 3 aromatic heterocycles. The third kappa shape index (κ3) is 2.85. The maximum Gasteiger partial charge on any atom is 0.259 e. The van der Waals surface area contributed by atoms with E-state index >= 15 is 0 Å². The van der Waals surface area contributed by atoms with Gasteiger partial charge in [-0.05, 0) is 25.1 Å². The molecule has 24 heavy (non-hydrogen) atoms. The highest BCUT2D eigenvalue weighted by atomic mass is 16.5. The van der Waals surface area contributed by atoms with Gasteiger partial charge in [-0.2, -0.15) is 0 Å². The molecule has 0 saturated heterocycles. The number of hydrogen-bond acceptors (Lipinski definition) is 6. The molecule has 0 unspecified atom stereocenters. The Hall–Kier alpha value is -3.16. The second-order valence-electron chi connectivity index (χ2n) is 5.45. The van der Waals surface area contributed by atoms with E-state index in [1.807, 2.05) is 0 Å². The summed E-state index contributed by atoms with van der Waals surface area (Å²) in [4.78, 5) is 29.9. The number of rotatable bonds is 4. The summed E-state index contributed by atoms with van der Waals surface area (Å²) in [6.45, 7) is 1.62. The Morgan fingerprint density at radius 2 is 2.12 bits per heavy atom. The van der Waals surface area contributed by atoms with E-state index in [0.717, 1.165) is 0 Å². The topological polar surface area (TPSA) is 101 Å². The molecule has 0 radical (unpaired) electrons. The smallest absolute Gasteiger partial charge is 0.259 e. The summed E-state index contributed by atoms with van der Waals surface area (Å²) in [5, 5.41) is 6.98. The van der Waals surface area contributed by atoms with Gasteiger partial charge in [0, 0.05) is 14.1 Å². The first-order valence-corrected chi connectivity index (χ1v) is 7.26. The van der Waals surface area contributed by atoms with E-state index in [4.69, 9.17) is 8.94 Å². The first kappa shape index (κ1) is 15.7. The van der Waals surface area contributed by atoms with Gasteiger partial charge in [0.2, 0.25) is 5.91 Å². The van der Waals surface area contributed by atoms with Gasteiger partial charge < -0.3 is 19.2 Å². The summed E-state index contributed by atoms with van der Waals surface area (Å²) in [6, 6.07) is 5.05. The molecule has 8 heteroatoms. The highest BCUT2D eigenvalue weighted by molar-refractivity contribution is 6.07. The number of nitrogens with one attached hydrogen (secondary N) is 1. The van der Waals surface area contributed by atoms with Crippen molar-refractivity contribution in [3.8, 4) is 11.5 Å². The average Bonchev–Trinajstić information content (AvgIpc) is 3.21. The first-order chi connectivity index (χ1) is 11.5. The van der Waals surface area contributed by atoms with Crippen molar-refractivity contribution in [2.75, 3.05) is 20.6 Å². The Morgan fingerprint density at radius 1 is 1.33 bits per heavy atom. The number of fused-ring (bicyclic) bond motifs is 1. The van der Waals surface area contributed by atoms with Crippen LogP contribution < -0.4 is 5.32 Å². The van der Waals surface area contributed by atoms with E-state index in [0.29, 0.717) is 28.1 Å². The zero-order chi connectivity index (χ0) is 17.3. The van der Waals surface area contributed by atoms with Crippen LogP contribution in [-0.4, -0.2) is 47.5 Å². The van der Waals surface area contributed by atoms with Crippen LogP contribution in [0.3, 0.4) is 0 Å². The maximum atomic E-state index is 12.5. The van der Waals surface area contributed by atoms with E-state index in [9.17, 15) is 9.59 Å². The first-order valence-electron chi connectivity index (χ1n) is 7.26. The molecule has 3 rings (SSSR count). The largest absolute Gasteiger partial charge is 0.463 e. The van der Waals surface area contributed by atoms with Crippen molar-refractivity contribution in [2.24, 2.45) is 0 Å². The van der Waals surface area contributed by atoms with Crippen molar-refractivity contribution in [1.29, 1.82) is 0 Å². The predicted octanol–water partition coefficient (Wildman–Crippen LogP) is 1.61. The standard InChI is InChI=1S/C16H16N4O4/c1-9-14-10(15(22)17-8-13(21)20(2)3)7-11(12-5-4-6-23-12)18-16(14)24-19-9/h4-7H,8H2,1-3H3,(H,17,22). The maximum absolute atomic E-state index is 12.5. The van der Waals surface area contributed by atoms with Gasteiger partial charge >= 0.3 is 0 Å². The number of aryl methyl sites for hydroxylation is 1. The molecular weight excluding hydrogens is 312 g/mol. The molecule has 2 amide bonds. The third-order valence-corrected chi connectivity index (χ3v) is 3.53. The molecule has 0 saturated carbocycles. The Bertz CT molecular complexity index is 896. The van der Waals surface area contributed by atoms with Gasteiger partial charge in [0.15, 0.2) is 5.76 Å². The van der Waals surface area contributed by atoms with Crippen molar-refractivity contribution in [1.82, 2.24) is 20.4 Å². The summed E-state index contributed by atoms with van der Waals surface area (Å²) in [5.41, 5.74) is 1.57. The number of carbonyl (C=O) groups excluding carboxylic acids is 2. The van der Waals surface area contributed by atoms with Crippen molar-refractivity contribution >= 4 is 22.9 Å². The lowest BCUT2D eigenvalue weighted by atomic mass is 10.1. The van der Waals surface area contributed by atoms with Gasteiger partial charge in [0.25, 0.3) is 11.6 Å². The van der Waals surface area contributed by atoms with Crippen LogP contribution in [0.1, 0.15) is 16.1 Å². The molecule has 3 aromatic rings. The molecule has 3 heterocycles. The van der Waals surface area contributed by atoms with Crippen molar-refractivity contribution in [2.45, 2.75) is 6.92 Å². The van der Waals surface area contributed by atoms with Gasteiger partial charge in [0.05, 0.1) is 29.5 Å². The van der Waals surface area contributed by atoms with E-state index < -0.39 is 5.91 Å². The predicted molar refractivity (Wildman–Crippen MR) is 85.3 cm³/mol. The number of likely N-dealkylation sites (N-methyl/N-ethyl adjacent to an activating group) is 1. The quantitative estimate of drug-likeness (QED) is 0.781. The van der Waals surface area contributed by atoms with Crippen LogP contribution in [0.5, 0.6) is 0 Å². The number of aromatic nitrogens is 2. The third-order valence-electron chi connectivity index (χ3n) is 3.53. The van der Waals surface area contributed by atoms with Crippen molar-refractivity contribution in [3.63, 3.8) is 0 Å². The molecule has 0 bridgehead atoms. The molecule has 0 fully saturated rings. The fraction of sp³-hybridized carbons (Fsp3) is 0.250. The Morgan fingerprint density at radius 3 is 2.79 bits per heavy atom. The van der Waals surface area contributed by atoms with E-state index in [1.165, 1.54) is 11.2 Å². The number of pyridine rings is 1. The monoisotopic (exact) mass is 328 g/mol. The summed E-state index contributed by atoms with van der Waals surface area (Å²) in [7, 11) is 3.25. The zero-order valence-electron chi connectivity index (χ0n) is 13.5. The normalized spacial score (nSPS) is 10.8. The molecule has 0 spiro atoms. The van der Waals surface area contributed by atoms with Crippen LogP contribution in [0.25, 0.3) is 22.6 Å². The minimum Gasteiger partial charge on any atom is -0.463 e. The number of amides is 2. The molecule has 8 nitrogen and oxygen atoms in total. The molecular formula is C16H16N4O4. The van der Waals surface area contributed by atoms with E-state index in [-0.39, 0.29) is 18.2 Å². The molecule has 124 valence electrons. The Labute approximate surface area is 137 Å². The van der Waals surface area contributed by atoms with E-state index in [1.54, 1.807) is 39.2 Å². The summed E-state index contributed by atoms with van der Waals surface area (Å²) >= 11 is 0. The minimum atomic E-state index is -0.406. The molecule has 0 atom stereocenters. The number of furan rings is 1. The second kappa shape index (κ2) is 6.15. The SMILES string of the molecule is Cc1noc2nc(-c3ccco3)cc(C(=O)NCC(=O)N(C)C)c12. The average molecular weight is 328 g/mol. The molecule has 0 aliphatic rings. The van der Waals surface area contributed by atoms with Gasteiger partial charge in [-0.3, -0.25) is 9.59 Å². The van der Waals surface area contributed by atoms with Crippen LogP contribution in [0.15, 0.2) is 33.4 Å². The second-order valence-corrected chi connectivity index (χ2v) is 5.45. The summed E-state index contributed by atoms with van der Waals surface area (Å²) in [6.07, 6.45) is 1.52. The highest BCUT2D eigenvalue weighted by Gasteiger charge is 2.20. The number of hydrogen-bond donors (Lipinski definition) is 1. The lowest BCUT2D eigenvalue weighted by Crippen LogP contribution is -2.36. The number of carbonyl (C=O) groups is 2. The van der Waals surface area contributed by atoms with Crippen LogP contribution in [-0.2, 0) is 4.79 Å². The van der Waals surface area contributed by atoms with Crippen molar-refractivity contribution < 1.29 is 18.5 Å². The van der Waals surface area contributed by atoms with Gasteiger partial charge in [0.1, 0.15) is 5.69 Å². The molecule has 0 aliphatic heterocycles. The van der Waals surface area contributed by atoms with Crippen molar-refractivity contribution in [3.05, 3.63) is 35.7 Å². The zero-order valence-corrected chi connectivity index (χ0v) is 13.5. The minimum absolute atomic E-state index is 0.101. The van der Waals surface area contributed by atoms with Gasteiger partial charge in [-0.1, -0.05) is 5.16 Å². The summed E-state index contributed by atoms with van der Waals surface area (Å²) < 4.78 is 10.5. The fourth-order valence-electron chi connectivity index (χ4n) is 2.23. The molecule has 0 aliphatic carbocycles. The van der Waals surface area contributed by atoms with Crippen LogP contribution in [0.4, 0.5) is 0 Å². The number of nitrogens with zero attached hydrogens (tertiary/aromatic N) is 3. The molecule has 1 N–H and O–H groups in total. The van der Waals surface area contributed by atoms with E-state index in [2.05, 4.69) is 15.5 Å². The highest BCUT2D eigenvalue weighted by Crippen LogP contribution is 2.27. The van der Waals surface area contributed by atoms with Crippen LogP contribution in [0, 0.1) is 6.92 Å². The summed E-state index contributed by atoms with van der Waals surface area (Å²) in [5.74, 6) is -0.108. The van der Waals surface area contributed by atoms with Crippen LogP contribution >= 0.6 is 0 Å². The van der Waals surface area contributed by atoms with Gasteiger partial charge in [-0.25, -0.2) is 4.98 Å². The van der Waals surface area contributed by atoms with Gasteiger partial charge in [-0.15, -0.1) is 0 Å². The lowest BCUT2D eigenvalue weighted by molar-refractivity contribution is -0.127. The fourth-order valence-corrected chi connectivity index (χ4v) is 2.23. The molecule has 0 aromatic carbocycles. The van der Waals surface area contributed by atoms with Crippen LogP contribution in [0.2, 0.25) is 0 Å². The Balaban J connectivity index is 2.00. The lowest BCUT2D eigenvalue weighted by Gasteiger charge is -2.11.